The number of thiazole rings is 1. The van der Waals surface area contributed by atoms with E-state index in [1.54, 1.807) is 42.1 Å². The van der Waals surface area contributed by atoms with Crippen molar-refractivity contribution >= 4 is 29.0 Å². The quantitative estimate of drug-likeness (QED) is 0.806. The Morgan fingerprint density at radius 1 is 1.39 bits per heavy atom. The maximum absolute atomic E-state index is 12.0. The molecule has 0 saturated carbocycles. The van der Waals surface area contributed by atoms with E-state index in [0.29, 0.717) is 0 Å². The Labute approximate surface area is 115 Å². The summed E-state index contributed by atoms with van der Waals surface area (Å²) in [6.45, 7) is 0. The van der Waals surface area contributed by atoms with Crippen LogP contribution in [0.15, 0.2) is 40.1 Å². The fourth-order valence-electron chi connectivity index (χ4n) is 1.47. The number of rotatable bonds is 4. The summed E-state index contributed by atoms with van der Waals surface area (Å²) < 4.78 is 0. The van der Waals surface area contributed by atoms with Crippen molar-refractivity contribution in [3.05, 3.63) is 46.4 Å². The van der Waals surface area contributed by atoms with Crippen LogP contribution >= 0.6 is 23.1 Å². The molecule has 94 valence electrons. The molecule has 0 saturated heterocycles. The molecule has 0 N–H and O–H groups in total. The smallest absolute Gasteiger partial charge is 0.254 e. The van der Waals surface area contributed by atoms with Crippen LogP contribution in [0.4, 0.5) is 0 Å². The number of thioether (sulfide) groups is 1. The molecule has 3 nitrogen and oxygen atoms in total. The van der Waals surface area contributed by atoms with Gasteiger partial charge in [0.15, 0.2) is 0 Å². The summed E-state index contributed by atoms with van der Waals surface area (Å²) in [5.74, 6) is 0.831. The highest BCUT2D eigenvalue weighted by molar-refractivity contribution is 7.98. The minimum absolute atomic E-state index is 0.0383. The fraction of sp³-hybridized carbons (Fsp3) is 0.231. The van der Waals surface area contributed by atoms with Crippen molar-refractivity contribution in [1.82, 2.24) is 9.88 Å². The minimum atomic E-state index is 0.0383. The molecule has 1 heterocycles. The molecular formula is C13H14N2OS2. The molecule has 0 unspecified atom stereocenters. The molecule has 0 aliphatic carbocycles. The summed E-state index contributed by atoms with van der Waals surface area (Å²) in [6.07, 6.45) is 0. The standard InChI is InChI=1S/C13H14N2OS2/c1-15(2)13(16)11-5-3-4-6-12(11)18-8-10-7-17-9-14-10/h3-7,9H,8H2,1-2H3. The molecule has 2 aromatic rings. The van der Waals surface area contributed by atoms with Gasteiger partial charge < -0.3 is 4.90 Å². The Morgan fingerprint density at radius 3 is 2.83 bits per heavy atom. The third kappa shape index (κ3) is 3.11. The monoisotopic (exact) mass is 278 g/mol. The maximum atomic E-state index is 12.0. The molecule has 2 rings (SSSR count). The zero-order valence-corrected chi connectivity index (χ0v) is 11.9. The molecule has 0 aliphatic heterocycles. The third-order valence-electron chi connectivity index (χ3n) is 2.38. The zero-order valence-electron chi connectivity index (χ0n) is 10.3. The normalized spacial score (nSPS) is 10.3. The molecule has 18 heavy (non-hydrogen) atoms. The topological polar surface area (TPSA) is 33.2 Å². The summed E-state index contributed by atoms with van der Waals surface area (Å²) in [5, 5.41) is 2.03. The van der Waals surface area contributed by atoms with Crippen LogP contribution in [-0.4, -0.2) is 29.9 Å². The van der Waals surface area contributed by atoms with Crippen molar-refractivity contribution in [2.24, 2.45) is 0 Å². The van der Waals surface area contributed by atoms with Crippen LogP contribution in [0.2, 0.25) is 0 Å². The number of hydrogen-bond donors (Lipinski definition) is 0. The Morgan fingerprint density at radius 2 is 2.17 bits per heavy atom. The van der Waals surface area contributed by atoms with Gasteiger partial charge in [-0.2, -0.15) is 0 Å². The maximum Gasteiger partial charge on any atom is 0.254 e. The second kappa shape index (κ2) is 6.02. The van der Waals surface area contributed by atoms with Crippen molar-refractivity contribution in [2.45, 2.75) is 10.6 Å². The van der Waals surface area contributed by atoms with Crippen molar-refractivity contribution in [3.63, 3.8) is 0 Å². The van der Waals surface area contributed by atoms with Crippen LogP contribution in [0.3, 0.4) is 0 Å². The average molecular weight is 278 g/mol. The second-order valence-electron chi connectivity index (χ2n) is 3.96. The first-order valence-corrected chi connectivity index (χ1v) is 7.42. The van der Waals surface area contributed by atoms with Gasteiger partial charge in [0.05, 0.1) is 16.8 Å². The lowest BCUT2D eigenvalue weighted by molar-refractivity contribution is 0.0824. The van der Waals surface area contributed by atoms with Crippen LogP contribution < -0.4 is 0 Å². The number of carbonyl (C=O) groups excluding carboxylic acids is 1. The number of benzene rings is 1. The Balaban J connectivity index is 2.15. The van der Waals surface area contributed by atoms with Gasteiger partial charge in [-0.25, -0.2) is 4.98 Å². The van der Waals surface area contributed by atoms with Gasteiger partial charge in [-0.1, -0.05) is 12.1 Å². The summed E-state index contributed by atoms with van der Waals surface area (Å²) >= 11 is 3.24. The Hall–Kier alpha value is -1.33. The number of nitrogens with zero attached hydrogens (tertiary/aromatic N) is 2. The van der Waals surface area contributed by atoms with Crippen LogP contribution in [0.5, 0.6) is 0 Å². The van der Waals surface area contributed by atoms with Gasteiger partial charge in [0, 0.05) is 30.1 Å². The molecule has 0 aliphatic rings. The van der Waals surface area contributed by atoms with E-state index in [2.05, 4.69) is 4.98 Å². The van der Waals surface area contributed by atoms with E-state index < -0.39 is 0 Å². The molecule has 0 fully saturated rings. The van der Waals surface area contributed by atoms with Crippen molar-refractivity contribution in [3.8, 4) is 0 Å². The molecular weight excluding hydrogens is 264 g/mol. The highest BCUT2D eigenvalue weighted by Gasteiger charge is 2.13. The Bertz CT molecular complexity index is 524. The molecule has 1 aromatic carbocycles. The van der Waals surface area contributed by atoms with Crippen LogP contribution in [-0.2, 0) is 5.75 Å². The molecule has 0 spiro atoms. The van der Waals surface area contributed by atoms with E-state index in [4.69, 9.17) is 0 Å². The van der Waals surface area contributed by atoms with E-state index in [1.807, 2.05) is 35.2 Å². The van der Waals surface area contributed by atoms with Gasteiger partial charge >= 0.3 is 0 Å². The van der Waals surface area contributed by atoms with E-state index in [-0.39, 0.29) is 5.91 Å². The molecule has 0 radical (unpaired) electrons. The minimum Gasteiger partial charge on any atom is -0.345 e. The first kappa shape index (κ1) is 13.1. The lowest BCUT2D eigenvalue weighted by atomic mass is 10.2. The SMILES string of the molecule is CN(C)C(=O)c1ccccc1SCc1cscn1. The largest absolute Gasteiger partial charge is 0.345 e. The Kier molecular flexibility index (Phi) is 4.38. The summed E-state index contributed by atoms with van der Waals surface area (Å²) in [7, 11) is 3.54. The molecule has 1 amide bonds. The lowest BCUT2D eigenvalue weighted by Gasteiger charge is -2.13. The van der Waals surface area contributed by atoms with Crippen molar-refractivity contribution in [2.75, 3.05) is 14.1 Å². The average Bonchev–Trinajstić information content (AvgIpc) is 2.89. The van der Waals surface area contributed by atoms with E-state index >= 15 is 0 Å². The third-order valence-corrected chi connectivity index (χ3v) is 4.13. The highest BCUT2D eigenvalue weighted by atomic mass is 32.2. The number of amides is 1. The zero-order chi connectivity index (χ0) is 13.0. The first-order chi connectivity index (χ1) is 8.68. The number of hydrogen-bond acceptors (Lipinski definition) is 4. The van der Waals surface area contributed by atoms with Crippen LogP contribution in [0.1, 0.15) is 16.1 Å². The summed E-state index contributed by atoms with van der Waals surface area (Å²) in [5.41, 5.74) is 3.63. The van der Waals surface area contributed by atoms with Gasteiger partial charge in [0.2, 0.25) is 0 Å². The summed E-state index contributed by atoms with van der Waals surface area (Å²) in [4.78, 5) is 18.9. The lowest BCUT2D eigenvalue weighted by Crippen LogP contribution is -2.22. The molecule has 1 aromatic heterocycles. The van der Waals surface area contributed by atoms with Crippen molar-refractivity contribution in [1.29, 1.82) is 0 Å². The number of carbonyl (C=O) groups is 1. The summed E-state index contributed by atoms with van der Waals surface area (Å²) in [6, 6.07) is 7.69. The van der Waals surface area contributed by atoms with Crippen molar-refractivity contribution < 1.29 is 4.79 Å². The predicted octanol–water partition coefficient (Wildman–Crippen LogP) is 3.14. The fourth-order valence-corrected chi connectivity index (χ4v) is 3.08. The number of aromatic nitrogens is 1. The van der Waals surface area contributed by atoms with E-state index in [9.17, 15) is 4.79 Å². The molecule has 5 heteroatoms. The van der Waals surface area contributed by atoms with Gasteiger partial charge in [-0.3, -0.25) is 4.79 Å². The van der Waals surface area contributed by atoms with Crippen LogP contribution in [0.25, 0.3) is 0 Å². The molecule has 0 atom stereocenters. The first-order valence-electron chi connectivity index (χ1n) is 5.49. The second-order valence-corrected chi connectivity index (χ2v) is 5.70. The highest BCUT2D eigenvalue weighted by Crippen LogP contribution is 2.26. The molecule has 0 bridgehead atoms. The van der Waals surface area contributed by atoms with Crippen LogP contribution in [0, 0.1) is 0 Å². The van der Waals surface area contributed by atoms with E-state index in [1.165, 1.54) is 0 Å². The van der Waals surface area contributed by atoms with Gasteiger partial charge in [-0.15, -0.1) is 23.1 Å². The van der Waals surface area contributed by atoms with Gasteiger partial charge in [0.1, 0.15) is 0 Å². The van der Waals surface area contributed by atoms with Gasteiger partial charge in [0.25, 0.3) is 5.91 Å². The predicted molar refractivity (Wildman–Crippen MR) is 76.1 cm³/mol. The van der Waals surface area contributed by atoms with Gasteiger partial charge in [-0.05, 0) is 12.1 Å². The van der Waals surface area contributed by atoms with E-state index in [0.717, 1.165) is 21.9 Å².